The summed E-state index contributed by atoms with van der Waals surface area (Å²) in [5.74, 6) is 5.51. The van der Waals surface area contributed by atoms with Gasteiger partial charge in [0, 0.05) is 0 Å². The van der Waals surface area contributed by atoms with E-state index in [1.807, 2.05) is 0 Å². The molecule has 3 rings (SSSR count). The minimum Gasteiger partial charge on any atom is -0.0617 e. The van der Waals surface area contributed by atoms with Crippen molar-refractivity contribution in [1.29, 1.82) is 0 Å². The van der Waals surface area contributed by atoms with Crippen LogP contribution in [-0.4, -0.2) is 0 Å². The predicted octanol–water partition coefficient (Wildman–Crippen LogP) is 2.93. The van der Waals surface area contributed by atoms with Gasteiger partial charge in [-0.25, -0.2) is 0 Å². The first kappa shape index (κ1) is 6.51. The van der Waals surface area contributed by atoms with Gasteiger partial charge in [-0.05, 0) is 47.8 Å². The number of hydrogen-bond donors (Lipinski definition) is 0. The topological polar surface area (TPSA) is 0 Å². The number of rotatable bonds is 0. The van der Waals surface area contributed by atoms with Gasteiger partial charge in [0.2, 0.25) is 0 Å². The lowest BCUT2D eigenvalue weighted by Crippen LogP contribution is -2.41. The summed E-state index contributed by atoms with van der Waals surface area (Å²) >= 11 is 0. The Morgan fingerprint density at radius 2 is 1.91 bits per heavy atom. The Morgan fingerprint density at radius 1 is 1.18 bits per heavy atom. The maximum Gasteiger partial charge on any atom is -0.0266 e. The highest BCUT2D eigenvalue weighted by molar-refractivity contribution is 5.15. The number of hydrogen-bond acceptors (Lipinski definition) is 0. The van der Waals surface area contributed by atoms with E-state index in [1.54, 1.807) is 12.8 Å². The van der Waals surface area contributed by atoms with E-state index in [-0.39, 0.29) is 0 Å². The van der Waals surface area contributed by atoms with E-state index in [1.165, 1.54) is 0 Å². The van der Waals surface area contributed by atoms with Gasteiger partial charge in [-0.1, -0.05) is 20.8 Å². The van der Waals surface area contributed by atoms with E-state index in [9.17, 15) is 0 Å². The normalized spacial score (nSPS) is 71.7. The average molecular weight is 150 g/mol. The summed E-state index contributed by atoms with van der Waals surface area (Å²) in [4.78, 5) is 0. The molecular weight excluding hydrogens is 132 g/mol. The zero-order valence-electron chi connectivity index (χ0n) is 7.80. The molecule has 0 amide bonds. The molecule has 62 valence electrons. The average Bonchev–Trinajstić information content (AvgIpc) is 2.15. The minimum atomic E-state index is 0.748. The first-order chi connectivity index (χ1) is 5.14. The fourth-order valence-corrected chi connectivity index (χ4v) is 4.63. The van der Waals surface area contributed by atoms with Gasteiger partial charge < -0.3 is 0 Å². The first-order valence-electron chi connectivity index (χ1n) is 5.14. The molecule has 2 bridgehead atoms. The zero-order valence-corrected chi connectivity index (χ0v) is 7.80. The van der Waals surface area contributed by atoms with Crippen LogP contribution in [0.25, 0.3) is 0 Å². The van der Waals surface area contributed by atoms with Crippen molar-refractivity contribution in [1.82, 2.24) is 0 Å². The molecule has 0 nitrogen and oxygen atoms in total. The van der Waals surface area contributed by atoms with Crippen LogP contribution in [0, 0.1) is 35.0 Å². The van der Waals surface area contributed by atoms with Gasteiger partial charge in [-0.2, -0.15) is 0 Å². The molecule has 6 atom stereocenters. The summed E-state index contributed by atoms with van der Waals surface area (Å²) in [6, 6.07) is 0. The minimum absolute atomic E-state index is 0.748. The Kier molecular flexibility index (Phi) is 0.906. The fourth-order valence-electron chi connectivity index (χ4n) is 4.63. The first-order valence-corrected chi connectivity index (χ1v) is 5.14. The fraction of sp³-hybridized carbons (Fsp3) is 1.00. The van der Waals surface area contributed by atoms with Crippen molar-refractivity contribution < 1.29 is 0 Å². The van der Waals surface area contributed by atoms with Crippen molar-refractivity contribution in [2.75, 3.05) is 0 Å². The lowest BCUT2D eigenvalue weighted by Gasteiger charge is -2.48. The second-order valence-corrected chi connectivity index (χ2v) is 5.52. The van der Waals surface area contributed by atoms with E-state index in [0.717, 1.165) is 35.0 Å². The van der Waals surface area contributed by atoms with Gasteiger partial charge in [0.05, 0.1) is 0 Å². The molecule has 0 radical (unpaired) electrons. The van der Waals surface area contributed by atoms with Crippen molar-refractivity contribution in [2.45, 2.75) is 33.6 Å². The predicted molar refractivity (Wildman–Crippen MR) is 46.1 cm³/mol. The maximum absolute atomic E-state index is 2.54. The molecule has 3 saturated carbocycles. The third kappa shape index (κ3) is 0.467. The molecule has 0 heteroatoms. The molecule has 3 aliphatic rings. The van der Waals surface area contributed by atoms with E-state index >= 15 is 0 Å². The van der Waals surface area contributed by atoms with E-state index in [4.69, 9.17) is 0 Å². The van der Waals surface area contributed by atoms with Crippen LogP contribution in [0.3, 0.4) is 0 Å². The van der Waals surface area contributed by atoms with Gasteiger partial charge in [-0.15, -0.1) is 0 Å². The smallest absolute Gasteiger partial charge is 0.0266 e. The molecular formula is C11H18. The van der Waals surface area contributed by atoms with Crippen LogP contribution >= 0.6 is 0 Å². The van der Waals surface area contributed by atoms with E-state index in [0.29, 0.717) is 0 Å². The molecule has 6 unspecified atom stereocenters. The van der Waals surface area contributed by atoms with Crippen molar-refractivity contribution >= 4 is 0 Å². The highest BCUT2D eigenvalue weighted by atomic mass is 14.7. The second-order valence-electron chi connectivity index (χ2n) is 5.52. The Bertz CT molecular complexity index is 200. The zero-order chi connectivity index (χ0) is 7.80. The third-order valence-electron chi connectivity index (χ3n) is 5.62. The monoisotopic (exact) mass is 150 g/mol. The molecule has 0 spiro atoms. The highest BCUT2D eigenvalue weighted by Crippen LogP contribution is 2.74. The summed E-state index contributed by atoms with van der Waals surface area (Å²) in [6.45, 7) is 7.53. The summed E-state index contributed by atoms with van der Waals surface area (Å²) in [5.41, 5.74) is 0.748. The number of fused-ring (bicyclic) bond motifs is 1. The van der Waals surface area contributed by atoms with Gasteiger partial charge in [0.25, 0.3) is 0 Å². The molecule has 3 fully saturated rings. The SMILES string of the molecule is CC1C2CC3CC1(C)C(C)C32. The second kappa shape index (κ2) is 1.53. The van der Waals surface area contributed by atoms with Gasteiger partial charge in [0.15, 0.2) is 0 Å². The van der Waals surface area contributed by atoms with Crippen molar-refractivity contribution in [3.8, 4) is 0 Å². The lowest BCUT2D eigenvalue weighted by atomic mass is 9.57. The Balaban J connectivity index is 2.07. The standard InChI is InChI=1S/C11H18/c1-6-9-4-8-5-11(6,3)7(2)10(8)9/h6-10H,4-5H2,1-3H3. The van der Waals surface area contributed by atoms with Crippen LogP contribution in [0.5, 0.6) is 0 Å². The van der Waals surface area contributed by atoms with Crippen LogP contribution in [0.2, 0.25) is 0 Å². The summed E-state index contributed by atoms with van der Waals surface area (Å²) in [7, 11) is 0. The van der Waals surface area contributed by atoms with Gasteiger partial charge in [0.1, 0.15) is 0 Å². The molecule has 0 heterocycles. The molecule has 0 saturated heterocycles. The van der Waals surface area contributed by atoms with Crippen LogP contribution < -0.4 is 0 Å². The summed E-state index contributed by atoms with van der Waals surface area (Å²) < 4.78 is 0. The molecule has 0 N–H and O–H groups in total. The van der Waals surface area contributed by atoms with Gasteiger partial charge in [-0.3, -0.25) is 0 Å². The highest BCUT2D eigenvalue weighted by Gasteiger charge is 2.67. The molecule has 0 aromatic heterocycles. The third-order valence-corrected chi connectivity index (χ3v) is 5.62. The molecule has 11 heavy (non-hydrogen) atoms. The van der Waals surface area contributed by atoms with Crippen LogP contribution in [-0.2, 0) is 0 Å². The molecule has 3 aliphatic carbocycles. The molecule has 0 aliphatic heterocycles. The molecule has 0 aromatic rings. The van der Waals surface area contributed by atoms with E-state index < -0.39 is 0 Å². The maximum atomic E-state index is 2.54. The Morgan fingerprint density at radius 3 is 2.18 bits per heavy atom. The Labute approximate surface area is 69.4 Å². The summed E-state index contributed by atoms with van der Waals surface area (Å²) in [5, 5.41) is 0. The van der Waals surface area contributed by atoms with Gasteiger partial charge >= 0.3 is 0 Å². The van der Waals surface area contributed by atoms with E-state index in [2.05, 4.69) is 20.8 Å². The van der Waals surface area contributed by atoms with Crippen molar-refractivity contribution in [3.05, 3.63) is 0 Å². The van der Waals surface area contributed by atoms with Crippen molar-refractivity contribution in [3.63, 3.8) is 0 Å². The largest absolute Gasteiger partial charge is 0.0617 e. The Hall–Kier alpha value is 0. The lowest BCUT2D eigenvalue weighted by molar-refractivity contribution is 0.00675. The van der Waals surface area contributed by atoms with Crippen LogP contribution in [0.4, 0.5) is 0 Å². The summed E-state index contributed by atoms with van der Waals surface area (Å²) in [6.07, 6.45) is 3.13. The quantitative estimate of drug-likeness (QED) is 0.498. The van der Waals surface area contributed by atoms with Crippen LogP contribution in [0.15, 0.2) is 0 Å². The molecule has 0 aromatic carbocycles. The van der Waals surface area contributed by atoms with Crippen LogP contribution in [0.1, 0.15) is 33.6 Å². The van der Waals surface area contributed by atoms with Crippen molar-refractivity contribution in [2.24, 2.45) is 35.0 Å².